The molecule has 5 heterocycles. The number of aliphatic hydroxyl groups is 1. The number of allylic oxidation sites excluding steroid dienone is 2. The van der Waals surface area contributed by atoms with E-state index in [9.17, 15) is 9.90 Å². The van der Waals surface area contributed by atoms with E-state index in [0.717, 1.165) is 48.6 Å². The second-order valence-electron chi connectivity index (χ2n) is 8.47. The van der Waals surface area contributed by atoms with E-state index in [1.807, 2.05) is 37.4 Å². The molecular formula is C25H27N7O2. The highest BCUT2D eigenvalue weighted by molar-refractivity contribution is 6.05. The molecule has 1 saturated heterocycles. The largest absolute Gasteiger partial charge is 0.393 e. The fourth-order valence-corrected chi connectivity index (χ4v) is 4.45. The van der Waals surface area contributed by atoms with Crippen LogP contribution >= 0.6 is 0 Å². The van der Waals surface area contributed by atoms with Crippen molar-refractivity contribution in [3.8, 4) is 0 Å². The molecule has 0 saturated carbocycles. The number of carbonyl (C=O) groups is 1. The molecule has 9 nitrogen and oxygen atoms in total. The van der Waals surface area contributed by atoms with Crippen LogP contribution in [0, 0.1) is 6.92 Å². The summed E-state index contributed by atoms with van der Waals surface area (Å²) in [4.78, 5) is 24.2. The van der Waals surface area contributed by atoms with Gasteiger partial charge in [-0.05, 0) is 44.0 Å². The molecule has 0 unspecified atom stereocenters. The van der Waals surface area contributed by atoms with Crippen molar-refractivity contribution in [2.24, 2.45) is 0 Å². The zero-order valence-electron chi connectivity index (χ0n) is 19.0. The van der Waals surface area contributed by atoms with Crippen molar-refractivity contribution < 1.29 is 9.90 Å². The molecule has 0 bridgehead atoms. The molecule has 0 aliphatic carbocycles. The van der Waals surface area contributed by atoms with Crippen LogP contribution in [0.5, 0.6) is 0 Å². The zero-order chi connectivity index (χ0) is 23.7. The lowest BCUT2D eigenvalue weighted by atomic mass is 10.0. The quantitative estimate of drug-likeness (QED) is 0.488. The van der Waals surface area contributed by atoms with Crippen LogP contribution in [0.2, 0.25) is 0 Å². The van der Waals surface area contributed by atoms with E-state index in [4.69, 9.17) is 4.98 Å². The topological polar surface area (TPSA) is 108 Å². The average Bonchev–Trinajstić information content (AvgIpc) is 3.45. The molecule has 5 rings (SSSR count). The number of anilines is 3. The van der Waals surface area contributed by atoms with Gasteiger partial charge in [0.25, 0.3) is 5.91 Å². The second kappa shape index (κ2) is 9.11. The summed E-state index contributed by atoms with van der Waals surface area (Å²) >= 11 is 0. The Balaban J connectivity index is 1.44. The van der Waals surface area contributed by atoms with Crippen molar-refractivity contribution in [2.45, 2.75) is 32.4 Å². The predicted octanol–water partition coefficient (Wildman–Crippen LogP) is 3.00. The Kier molecular flexibility index (Phi) is 5.85. The monoisotopic (exact) mass is 457 g/mol. The number of piperidine rings is 1. The molecule has 34 heavy (non-hydrogen) atoms. The maximum Gasteiger partial charge on any atom is 0.254 e. The number of aromatic nitrogens is 4. The summed E-state index contributed by atoms with van der Waals surface area (Å²) in [6.45, 7) is 7.79. The van der Waals surface area contributed by atoms with Gasteiger partial charge in [-0.25, -0.2) is 9.67 Å². The van der Waals surface area contributed by atoms with Crippen LogP contribution in [-0.4, -0.2) is 50.0 Å². The van der Waals surface area contributed by atoms with Gasteiger partial charge < -0.3 is 20.6 Å². The van der Waals surface area contributed by atoms with Crippen LogP contribution in [0.4, 0.5) is 17.2 Å². The lowest BCUT2D eigenvalue weighted by Crippen LogP contribution is -2.35. The maximum absolute atomic E-state index is 12.8. The second-order valence-corrected chi connectivity index (χ2v) is 8.47. The van der Waals surface area contributed by atoms with Crippen LogP contribution in [0.15, 0.2) is 55.5 Å². The third-order valence-electron chi connectivity index (χ3n) is 6.25. The first kappa shape index (κ1) is 21.8. The molecule has 0 atom stereocenters. The summed E-state index contributed by atoms with van der Waals surface area (Å²) in [5.74, 6) is 0.474. The fourth-order valence-electron chi connectivity index (χ4n) is 4.45. The number of amides is 1. The van der Waals surface area contributed by atoms with Crippen LogP contribution in [0.25, 0.3) is 5.70 Å². The van der Waals surface area contributed by atoms with E-state index in [0.29, 0.717) is 29.3 Å². The highest BCUT2D eigenvalue weighted by Gasteiger charge is 2.29. The van der Waals surface area contributed by atoms with Crippen molar-refractivity contribution in [3.05, 3.63) is 78.0 Å². The Labute approximate surface area is 197 Å². The number of hydrogen-bond donors (Lipinski definition) is 3. The minimum atomic E-state index is -0.215. The zero-order valence-corrected chi connectivity index (χ0v) is 19.0. The number of fused-ring (bicyclic) bond motifs is 1. The van der Waals surface area contributed by atoms with Crippen molar-refractivity contribution >= 4 is 28.8 Å². The SMILES string of the molecule is C=C/C=C(/c1ncc(Nc2ccc(N3CCC(O)CC3)cn2)c2c1CNC2=O)n1nccc1C. The van der Waals surface area contributed by atoms with E-state index < -0.39 is 0 Å². The standard InChI is InChI=1S/C25H27N7O2/c1-3-4-21(32-16(2)7-10-29-32)24-19-14-28-25(34)23(19)20(15-27-24)30-22-6-5-17(13-26-22)31-11-8-18(33)9-12-31/h3-7,10,13,15,18,33H,1,8-9,11-12,14H2,2H3,(H,26,30)(H,28,34)/b21-4-. The van der Waals surface area contributed by atoms with Gasteiger partial charge in [-0.2, -0.15) is 5.10 Å². The molecule has 0 aromatic carbocycles. The molecule has 0 radical (unpaired) electrons. The Hall–Kier alpha value is -3.98. The summed E-state index contributed by atoms with van der Waals surface area (Å²) in [5.41, 5.74) is 5.37. The van der Waals surface area contributed by atoms with E-state index >= 15 is 0 Å². The first-order valence-electron chi connectivity index (χ1n) is 11.4. The van der Waals surface area contributed by atoms with E-state index in [1.165, 1.54) is 0 Å². The van der Waals surface area contributed by atoms with Crippen molar-refractivity contribution in [1.29, 1.82) is 0 Å². The number of pyridine rings is 2. The van der Waals surface area contributed by atoms with Crippen LogP contribution in [0.3, 0.4) is 0 Å². The highest BCUT2D eigenvalue weighted by Crippen LogP contribution is 2.32. The molecule has 2 aliphatic heterocycles. The van der Waals surface area contributed by atoms with E-state index in [1.54, 1.807) is 23.2 Å². The van der Waals surface area contributed by atoms with Gasteiger partial charge in [-0.1, -0.05) is 12.7 Å². The first-order valence-corrected chi connectivity index (χ1v) is 11.4. The molecule has 3 aromatic heterocycles. The number of nitrogens with zero attached hydrogens (tertiary/aromatic N) is 5. The number of nitrogens with one attached hydrogen (secondary N) is 2. The summed E-state index contributed by atoms with van der Waals surface area (Å²) < 4.78 is 1.79. The van der Waals surface area contributed by atoms with E-state index in [-0.39, 0.29) is 12.0 Å². The Bertz CT molecular complexity index is 1250. The molecule has 1 amide bonds. The lowest BCUT2D eigenvalue weighted by molar-refractivity contribution is 0.0966. The molecule has 1 fully saturated rings. The minimum Gasteiger partial charge on any atom is -0.393 e. The Morgan fingerprint density at radius 2 is 2.06 bits per heavy atom. The third-order valence-corrected chi connectivity index (χ3v) is 6.25. The van der Waals surface area contributed by atoms with Gasteiger partial charge in [-0.3, -0.25) is 9.78 Å². The number of rotatable bonds is 6. The molecule has 3 aromatic rings. The fraction of sp³-hybridized carbons (Fsp3) is 0.280. The highest BCUT2D eigenvalue weighted by atomic mass is 16.3. The average molecular weight is 458 g/mol. The number of hydrogen-bond acceptors (Lipinski definition) is 7. The summed E-state index contributed by atoms with van der Waals surface area (Å²) in [7, 11) is 0. The molecule has 2 aliphatic rings. The molecule has 174 valence electrons. The van der Waals surface area contributed by atoms with Crippen LogP contribution < -0.4 is 15.5 Å². The van der Waals surface area contributed by atoms with Gasteiger partial charge >= 0.3 is 0 Å². The summed E-state index contributed by atoms with van der Waals surface area (Å²) in [6, 6.07) is 5.81. The van der Waals surface area contributed by atoms with Gasteiger partial charge in [0.05, 0.1) is 46.8 Å². The number of carbonyl (C=O) groups excluding carboxylic acids is 1. The van der Waals surface area contributed by atoms with E-state index in [2.05, 4.69) is 32.2 Å². The van der Waals surface area contributed by atoms with Gasteiger partial charge in [0, 0.05) is 37.1 Å². The summed E-state index contributed by atoms with van der Waals surface area (Å²) in [5, 5.41) is 20.3. The molecule has 3 N–H and O–H groups in total. The number of aryl methyl sites for hydroxylation is 1. The van der Waals surface area contributed by atoms with Crippen molar-refractivity contribution in [2.75, 3.05) is 23.3 Å². The van der Waals surface area contributed by atoms with Crippen LogP contribution in [-0.2, 0) is 6.54 Å². The predicted molar refractivity (Wildman–Crippen MR) is 131 cm³/mol. The van der Waals surface area contributed by atoms with Gasteiger partial charge in [0.1, 0.15) is 5.82 Å². The lowest BCUT2D eigenvalue weighted by Gasteiger charge is -2.31. The van der Waals surface area contributed by atoms with Crippen molar-refractivity contribution in [1.82, 2.24) is 25.1 Å². The smallest absolute Gasteiger partial charge is 0.254 e. The molecule has 9 heteroatoms. The maximum atomic E-state index is 12.8. The van der Waals surface area contributed by atoms with Gasteiger partial charge in [-0.15, -0.1) is 0 Å². The van der Waals surface area contributed by atoms with Crippen molar-refractivity contribution in [3.63, 3.8) is 0 Å². The van der Waals surface area contributed by atoms with Gasteiger partial charge in [0.2, 0.25) is 0 Å². The summed E-state index contributed by atoms with van der Waals surface area (Å²) in [6.07, 6.45) is 10.1. The first-order chi connectivity index (χ1) is 16.5. The van der Waals surface area contributed by atoms with Crippen LogP contribution in [0.1, 0.15) is 40.2 Å². The molecular weight excluding hydrogens is 430 g/mol. The Morgan fingerprint density at radius 1 is 1.24 bits per heavy atom. The van der Waals surface area contributed by atoms with Gasteiger partial charge in [0.15, 0.2) is 0 Å². The Morgan fingerprint density at radius 3 is 2.74 bits per heavy atom. The number of aliphatic hydroxyl groups excluding tert-OH is 1. The molecule has 0 spiro atoms. The normalized spacial score (nSPS) is 16.4. The minimum absolute atomic E-state index is 0.153. The third kappa shape index (κ3) is 4.06.